The number of carbonyl (C=O) groups excluding carboxylic acids is 1. The van der Waals surface area contributed by atoms with E-state index in [-0.39, 0.29) is 12.4 Å². The smallest absolute Gasteiger partial charge is 0.308 e. The van der Waals surface area contributed by atoms with Crippen LogP contribution in [0.25, 0.3) is 0 Å². The molecule has 1 N–H and O–H groups in total. The van der Waals surface area contributed by atoms with Crippen LogP contribution in [0.1, 0.15) is 30.6 Å². The molecule has 0 radical (unpaired) electrons. The maximum atomic E-state index is 11.1. The normalized spacial score (nSPS) is 12.2. The fraction of sp³-hybridized carbons (Fsp3) is 0.417. The first-order valence-electron chi connectivity index (χ1n) is 5.03. The zero-order valence-corrected chi connectivity index (χ0v) is 9.06. The number of hydrogen-bond acceptors (Lipinski definition) is 3. The quantitative estimate of drug-likeness (QED) is 0.769. The molecule has 0 aromatic heterocycles. The van der Waals surface area contributed by atoms with Gasteiger partial charge in [0.1, 0.15) is 0 Å². The van der Waals surface area contributed by atoms with Gasteiger partial charge in [-0.15, -0.1) is 0 Å². The summed E-state index contributed by atoms with van der Waals surface area (Å²) in [5, 5.41) is 9.71. The molecule has 3 nitrogen and oxygen atoms in total. The molecule has 0 fully saturated rings. The summed E-state index contributed by atoms with van der Waals surface area (Å²) >= 11 is 0. The predicted octanol–water partition coefficient (Wildman–Crippen LogP) is 1.98. The van der Waals surface area contributed by atoms with Crippen LogP contribution in [0.4, 0.5) is 0 Å². The van der Waals surface area contributed by atoms with Gasteiger partial charge in [-0.25, -0.2) is 0 Å². The first kappa shape index (κ1) is 11.7. The van der Waals surface area contributed by atoms with Gasteiger partial charge in [-0.3, -0.25) is 4.79 Å². The van der Waals surface area contributed by atoms with Crippen LogP contribution in [0.15, 0.2) is 24.3 Å². The fourth-order valence-electron chi connectivity index (χ4n) is 1.28. The summed E-state index contributed by atoms with van der Waals surface area (Å²) in [6, 6.07) is 7.45. The molecule has 0 saturated heterocycles. The summed E-state index contributed by atoms with van der Waals surface area (Å²) in [6.45, 7) is 4.07. The topological polar surface area (TPSA) is 46.5 Å². The van der Waals surface area contributed by atoms with Gasteiger partial charge < -0.3 is 9.84 Å². The van der Waals surface area contributed by atoms with Gasteiger partial charge in [0.2, 0.25) is 0 Å². The number of aliphatic hydroxyl groups is 1. The zero-order valence-electron chi connectivity index (χ0n) is 9.06. The first-order chi connectivity index (χ1) is 7.13. The Labute approximate surface area is 89.7 Å². The van der Waals surface area contributed by atoms with Crippen molar-refractivity contribution >= 4 is 5.97 Å². The van der Waals surface area contributed by atoms with Crippen molar-refractivity contribution in [2.75, 3.05) is 6.61 Å². The molecule has 1 aromatic rings. The van der Waals surface area contributed by atoms with E-state index in [0.717, 1.165) is 11.1 Å². The summed E-state index contributed by atoms with van der Waals surface area (Å²) in [4.78, 5) is 11.1. The number of esters is 1. The fourth-order valence-corrected chi connectivity index (χ4v) is 1.28. The molecule has 0 amide bonds. The van der Waals surface area contributed by atoms with Crippen LogP contribution in [0.3, 0.4) is 0 Å². The lowest BCUT2D eigenvalue weighted by molar-refractivity contribution is -0.145. The lowest BCUT2D eigenvalue weighted by atomic mass is 10.1. The van der Waals surface area contributed by atoms with E-state index in [4.69, 9.17) is 4.74 Å². The van der Waals surface area contributed by atoms with E-state index >= 15 is 0 Å². The molecule has 0 unspecified atom stereocenters. The number of aliphatic hydroxyl groups excluding tert-OH is 1. The van der Waals surface area contributed by atoms with Crippen molar-refractivity contribution < 1.29 is 14.6 Å². The number of benzene rings is 1. The largest absolute Gasteiger partial charge is 0.466 e. The molecule has 15 heavy (non-hydrogen) atoms. The maximum absolute atomic E-state index is 11.1. The molecule has 1 rings (SSSR count). The minimum Gasteiger partial charge on any atom is -0.466 e. The van der Waals surface area contributed by atoms with Gasteiger partial charge in [0, 0.05) is 0 Å². The van der Waals surface area contributed by atoms with Crippen molar-refractivity contribution in [1.29, 1.82) is 0 Å². The van der Waals surface area contributed by atoms with E-state index in [0.29, 0.717) is 6.61 Å². The van der Waals surface area contributed by atoms with Crippen molar-refractivity contribution in [1.82, 2.24) is 0 Å². The molecule has 0 aliphatic carbocycles. The van der Waals surface area contributed by atoms with Gasteiger partial charge >= 0.3 is 5.97 Å². The Morgan fingerprint density at radius 1 is 1.40 bits per heavy atom. The van der Waals surface area contributed by atoms with Crippen LogP contribution in [-0.2, 0) is 9.53 Å². The van der Waals surface area contributed by atoms with Gasteiger partial charge in [-0.1, -0.05) is 29.8 Å². The van der Waals surface area contributed by atoms with Gasteiger partial charge in [-0.05, 0) is 19.4 Å². The average molecular weight is 208 g/mol. The van der Waals surface area contributed by atoms with Gasteiger partial charge in [0.05, 0.1) is 19.1 Å². The molecule has 0 heterocycles. The lowest BCUT2D eigenvalue weighted by Gasteiger charge is -2.10. The first-order valence-corrected chi connectivity index (χ1v) is 5.03. The van der Waals surface area contributed by atoms with E-state index in [1.165, 1.54) is 0 Å². The second-order valence-electron chi connectivity index (χ2n) is 3.44. The Balaban J connectivity index is 2.57. The van der Waals surface area contributed by atoms with E-state index in [9.17, 15) is 9.90 Å². The third-order valence-electron chi connectivity index (χ3n) is 2.13. The van der Waals surface area contributed by atoms with Crippen LogP contribution >= 0.6 is 0 Å². The molecule has 0 aliphatic heterocycles. The summed E-state index contributed by atoms with van der Waals surface area (Å²) < 4.78 is 4.76. The third kappa shape index (κ3) is 3.72. The van der Waals surface area contributed by atoms with Crippen molar-refractivity contribution in [2.24, 2.45) is 0 Å². The monoisotopic (exact) mass is 208 g/mol. The molecule has 1 atom stereocenters. The van der Waals surface area contributed by atoms with Crippen LogP contribution < -0.4 is 0 Å². The highest BCUT2D eigenvalue weighted by Gasteiger charge is 2.13. The molecule has 82 valence electrons. The Hall–Kier alpha value is -1.35. The summed E-state index contributed by atoms with van der Waals surface area (Å²) in [5.74, 6) is -0.370. The van der Waals surface area contributed by atoms with Crippen LogP contribution in [0.5, 0.6) is 0 Å². The van der Waals surface area contributed by atoms with Gasteiger partial charge in [-0.2, -0.15) is 0 Å². The Morgan fingerprint density at radius 2 is 2.00 bits per heavy atom. The maximum Gasteiger partial charge on any atom is 0.308 e. The highest BCUT2D eigenvalue weighted by Crippen LogP contribution is 2.17. The Bertz CT molecular complexity index is 316. The minimum absolute atomic E-state index is 0.0108. The third-order valence-corrected chi connectivity index (χ3v) is 2.13. The highest BCUT2D eigenvalue weighted by molar-refractivity contribution is 5.70. The molecule has 3 heteroatoms. The van der Waals surface area contributed by atoms with Crippen molar-refractivity contribution in [3.63, 3.8) is 0 Å². The second-order valence-corrected chi connectivity index (χ2v) is 3.44. The SMILES string of the molecule is CCOC(=O)C[C@H](O)c1ccc(C)cc1. The number of rotatable bonds is 4. The summed E-state index contributed by atoms with van der Waals surface area (Å²) in [5.41, 5.74) is 1.87. The number of carbonyl (C=O) groups is 1. The predicted molar refractivity (Wildman–Crippen MR) is 57.4 cm³/mol. The molecule has 0 saturated carbocycles. The summed E-state index contributed by atoms with van der Waals surface area (Å²) in [7, 11) is 0. The van der Waals surface area contributed by atoms with E-state index in [1.807, 2.05) is 31.2 Å². The molecule has 0 aliphatic rings. The minimum atomic E-state index is -0.773. The number of hydrogen-bond donors (Lipinski definition) is 1. The van der Waals surface area contributed by atoms with E-state index < -0.39 is 6.10 Å². The highest BCUT2D eigenvalue weighted by atomic mass is 16.5. The molecular formula is C12H16O3. The molecule has 0 bridgehead atoms. The number of ether oxygens (including phenoxy) is 1. The van der Waals surface area contributed by atoms with Crippen molar-refractivity contribution in [3.8, 4) is 0 Å². The molecular weight excluding hydrogens is 192 g/mol. The molecule has 0 spiro atoms. The van der Waals surface area contributed by atoms with Crippen LogP contribution in [-0.4, -0.2) is 17.7 Å². The average Bonchev–Trinajstić information content (AvgIpc) is 2.18. The standard InChI is InChI=1S/C12H16O3/c1-3-15-12(14)8-11(13)10-6-4-9(2)5-7-10/h4-7,11,13H,3,8H2,1-2H3/t11-/m0/s1. The summed E-state index contributed by atoms with van der Waals surface area (Å²) in [6.07, 6.45) is -0.763. The van der Waals surface area contributed by atoms with Crippen LogP contribution in [0, 0.1) is 6.92 Å². The number of aryl methyl sites for hydroxylation is 1. The van der Waals surface area contributed by atoms with Crippen molar-refractivity contribution in [2.45, 2.75) is 26.4 Å². The lowest BCUT2D eigenvalue weighted by Crippen LogP contribution is -2.09. The van der Waals surface area contributed by atoms with Gasteiger partial charge in [0.15, 0.2) is 0 Å². The van der Waals surface area contributed by atoms with E-state index in [2.05, 4.69) is 0 Å². The van der Waals surface area contributed by atoms with Gasteiger partial charge in [0.25, 0.3) is 0 Å². The van der Waals surface area contributed by atoms with E-state index in [1.54, 1.807) is 6.92 Å². The second kappa shape index (κ2) is 5.51. The van der Waals surface area contributed by atoms with Crippen LogP contribution in [0.2, 0.25) is 0 Å². The molecule has 1 aromatic carbocycles. The zero-order chi connectivity index (χ0) is 11.3. The van der Waals surface area contributed by atoms with Crippen molar-refractivity contribution in [3.05, 3.63) is 35.4 Å². The Kier molecular flexibility index (Phi) is 4.31. The Morgan fingerprint density at radius 3 is 2.53 bits per heavy atom.